The van der Waals surface area contributed by atoms with E-state index in [2.05, 4.69) is 35.0 Å². The van der Waals surface area contributed by atoms with Gasteiger partial charge in [-0.3, -0.25) is 4.79 Å². The summed E-state index contributed by atoms with van der Waals surface area (Å²) in [7, 11) is 0. The third-order valence-electron chi connectivity index (χ3n) is 5.42. The van der Waals surface area contributed by atoms with Gasteiger partial charge >= 0.3 is 0 Å². The van der Waals surface area contributed by atoms with E-state index < -0.39 is 0 Å². The van der Waals surface area contributed by atoms with Crippen molar-refractivity contribution in [1.29, 1.82) is 0 Å². The Morgan fingerprint density at radius 1 is 1.24 bits per heavy atom. The molecule has 3 heterocycles. The van der Waals surface area contributed by atoms with Gasteiger partial charge in [-0.25, -0.2) is 5.43 Å². The molecule has 1 aliphatic heterocycles. The normalized spacial score (nSPS) is 16.6. The lowest BCUT2D eigenvalue weighted by Crippen LogP contribution is -2.19. The summed E-state index contributed by atoms with van der Waals surface area (Å²) < 4.78 is 9.94. The smallest absolute Gasteiger partial charge is 0.273 e. The molecular weight excluding hydrogens is 364 g/mol. The molecule has 1 fully saturated rings. The lowest BCUT2D eigenvalue weighted by Gasteiger charge is -2.14. The summed E-state index contributed by atoms with van der Waals surface area (Å²) in [6.45, 7) is 5.88. The van der Waals surface area contributed by atoms with Crippen LogP contribution in [0.5, 0.6) is 0 Å². The molecule has 0 saturated carbocycles. The zero-order chi connectivity index (χ0) is 20.2. The van der Waals surface area contributed by atoms with Crippen LogP contribution in [-0.2, 0) is 11.3 Å². The monoisotopic (exact) mass is 390 g/mol. The second-order valence-electron chi connectivity index (χ2n) is 7.38. The molecule has 1 amide bonds. The average Bonchev–Trinajstić information content (AvgIpc) is 3.48. The Bertz CT molecular complexity index is 1010. The van der Waals surface area contributed by atoms with Crippen LogP contribution in [0.4, 0.5) is 0 Å². The van der Waals surface area contributed by atoms with Crippen molar-refractivity contribution in [2.45, 2.75) is 39.3 Å². The third kappa shape index (κ3) is 4.17. The fourth-order valence-corrected chi connectivity index (χ4v) is 3.84. The highest BCUT2D eigenvalue weighted by Gasteiger charge is 2.18. The van der Waals surface area contributed by atoms with Crippen LogP contribution in [0.1, 0.15) is 40.2 Å². The van der Waals surface area contributed by atoms with Gasteiger partial charge in [0.2, 0.25) is 0 Å². The van der Waals surface area contributed by atoms with Crippen molar-refractivity contribution >= 4 is 12.1 Å². The van der Waals surface area contributed by atoms with E-state index in [0.717, 1.165) is 42.9 Å². The van der Waals surface area contributed by atoms with E-state index in [-0.39, 0.29) is 12.0 Å². The summed E-state index contributed by atoms with van der Waals surface area (Å²) in [5.41, 5.74) is 7.35. The standard InChI is InChI=1S/C23H26N4O2/c1-17-14-19(18(2)27(17)16-20-8-7-13-29-20)15-24-25-23(28)21-9-3-4-10-22(21)26-11-5-6-12-26/h3-6,9-12,14-15,20H,7-8,13,16H2,1-2H3,(H,25,28)/b24-15-/t20-/m0/s1. The second-order valence-corrected chi connectivity index (χ2v) is 7.38. The zero-order valence-corrected chi connectivity index (χ0v) is 16.8. The average molecular weight is 390 g/mol. The summed E-state index contributed by atoms with van der Waals surface area (Å²) in [4.78, 5) is 12.7. The molecule has 6 heteroatoms. The molecule has 0 bridgehead atoms. The molecular formula is C23H26N4O2. The number of amides is 1. The zero-order valence-electron chi connectivity index (χ0n) is 16.8. The van der Waals surface area contributed by atoms with Crippen LogP contribution < -0.4 is 5.43 Å². The van der Waals surface area contributed by atoms with Crippen LogP contribution >= 0.6 is 0 Å². The molecule has 1 N–H and O–H groups in total. The molecule has 3 aromatic rings. The number of rotatable bonds is 6. The number of carbonyl (C=O) groups excluding carboxylic acids is 1. The number of hydrogen-bond donors (Lipinski definition) is 1. The fraction of sp³-hybridized carbons (Fsp3) is 0.304. The molecule has 1 atom stereocenters. The van der Waals surface area contributed by atoms with Crippen molar-refractivity contribution < 1.29 is 9.53 Å². The first-order valence-corrected chi connectivity index (χ1v) is 9.97. The SMILES string of the molecule is Cc1cc(/C=N\NC(=O)c2ccccc2-n2cccc2)c(C)n1C[C@@H]1CCCO1. The van der Waals surface area contributed by atoms with Crippen LogP contribution in [-0.4, -0.2) is 34.0 Å². The molecule has 2 aromatic heterocycles. The number of nitrogens with zero attached hydrogens (tertiary/aromatic N) is 3. The van der Waals surface area contributed by atoms with Crippen LogP contribution in [0, 0.1) is 13.8 Å². The van der Waals surface area contributed by atoms with Gasteiger partial charge in [0.1, 0.15) is 0 Å². The van der Waals surface area contributed by atoms with Crippen LogP contribution in [0.15, 0.2) is 60.0 Å². The molecule has 0 spiro atoms. The second kappa shape index (κ2) is 8.49. The highest BCUT2D eigenvalue weighted by molar-refractivity contribution is 5.98. The van der Waals surface area contributed by atoms with Gasteiger partial charge in [-0.15, -0.1) is 0 Å². The highest BCUT2D eigenvalue weighted by atomic mass is 16.5. The summed E-state index contributed by atoms with van der Waals surface area (Å²) >= 11 is 0. The van der Waals surface area contributed by atoms with Crippen LogP contribution in [0.2, 0.25) is 0 Å². The molecule has 4 rings (SSSR count). The lowest BCUT2D eigenvalue weighted by molar-refractivity contribution is 0.0954. The van der Waals surface area contributed by atoms with Gasteiger partial charge in [0.05, 0.1) is 23.6 Å². The number of aryl methyl sites for hydroxylation is 1. The van der Waals surface area contributed by atoms with Gasteiger partial charge in [-0.05, 0) is 57.0 Å². The van der Waals surface area contributed by atoms with Gasteiger partial charge in [0.25, 0.3) is 5.91 Å². The predicted octanol–water partition coefficient (Wildman–Crippen LogP) is 3.84. The summed E-state index contributed by atoms with van der Waals surface area (Å²) in [5.74, 6) is -0.237. The largest absolute Gasteiger partial charge is 0.376 e. The number of aromatic nitrogens is 2. The number of hydrogen-bond acceptors (Lipinski definition) is 3. The summed E-state index contributed by atoms with van der Waals surface area (Å²) in [5, 5.41) is 4.21. The maximum Gasteiger partial charge on any atom is 0.273 e. The van der Waals surface area contributed by atoms with Crippen molar-refractivity contribution in [3.8, 4) is 5.69 Å². The van der Waals surface area contributed by atoms with E-state index >= 15 is 0 Å². The van der Waals surface area contributed by atoms with Crippen molar-refractivity contribution in [1.82, 2.24) is 14.6 Å². The topological polar surface area (TPSA) is 60.5 Å². The minimum absolute atomic E-state index is 0.237. The number of nitrogens with one attached hydrogen (secondary N) is 1. The van der Waals surface area contributed by atoms with E-state index in [1.165, 1.54) is 5.69 Å². The molecule has 150 valence electrons. The minimum atomic E-state index is -0.237. The maximum atomic E-state index is 12.7. The van der Waals surface area contributed by atoms with Crippen molar-refractivity contribution in [2.75, 3.05) is 6.61 Å². The van der Waals surface area contributed by atoms with Crippen molar-refractivity contribution in [2.24, 2.45) is 5.10 Å². The maximum absolute atomic E-state index is 12.7. The number of benzene rings is 1. The fourth-order valence-electron chi connectivity index (χ4n) is 3.84. The number of carbonyl (C=O) groups is 1. The number of hydrazone groups is 1. The first-order chi connectivity index (χ1) is 14.1. The Labute approximate surface area is 170 Å². The summed E-state index contributed by atoms with van der Waals surface area (Å²) in [6.07, 6.45) is 8.07. The predicted molar refractivity (Wildman–Crippen MR) is 114 cm³/mol. The van der Waals surface area contributed by atoms with Gasteiger partial charge in [0, 0.05) is 42.5 Å². The van der Waals surface area contributed by atoms with E-state index in [9.17, 15) is 4.79 Å². The van der Waals surface area contributed by atoms with E-state index in [1.807, 2.05) is 47.3 Å². The van der Waals surface area contributed by atoms with Gasteiger partial charge in [-0.1, -0.05) is 12.1 Å². The Kier molecular flexibility index (Phi) is 5.62. The number of para-hydroxylation sites is 1. The van der Waals surface area contributed by atoms with Crippen molar-refractivity contribution in [3.63, 3.8) is 0 Å². The molecule has 29 heavy (non-hydrogen) atoms. The van der Waals surface area contributed by atoms with Crippen LogP contribution in [0.3, 0.4) is 0 Å². The Hall–Kier alpha value is -3.12. The first kappa shape index (κ1) is 19.2. The molecule has 0 radical (unpaired) electrons. The quantitative estimate of drug-likeness (QED) is 0.514. The highest BCUT2D eigenvalue weighted by Crippen LogP contribution is 2.19. The van der Waals surface area contributed by atoms with Crippen molar-refractivity contribution in [3.05, 3.63) is 77.4 Å². The minimum Gasteiger partial charge on any atom is -0.376 e. The van der Waals surface area contributed by atoms with Gasteiger partial charge < -0.3 is 13.9 Å². The van der Waals surface area contributed by atoms with E-state index in [1.54, 1.807) is 12.3 Å². The first-order valence-electron chi connectivity index (χ1n) is 9.97. The molecule has 1 aromatic carbocycles. The van der Waals surface area contributed by atoms with Crippen LogP contribution in [0.25, 0.3) is 5.69 Å². The van der Waals surface area contributed by atoms with Gasteiger partial charge in [0.15, 0.2) is 0 Å². The molecule has 6 nitrogen and oxygen atoms in total. The van der Waals surface area contributed by atoms with E-state index in [0.29, 0.717) is 5.56 Å². The van der Waals surface area contributed by atoms with Gasteiger partial charge in [-0.2, -0.15) is 5.10 Å². The molecule has 1 aliphatic rings. The van der Waals surface area contributed by atoms with E-state index in [4.69, 9.17) is 4.74 Å². The molecule has 0 unspecified atom stereocenters. The Morgan fingerprint density at radius 2 is 2.03 bits per heavy atom. The lowest BCUT2D eigenvalue weighted by atomic mass is 10.1. The molecule has 0 aliphatic carbocycles. The summed E-state index contributed by atoms with van der Waals surface area (Å²) in [6, 6.07) is 13.4. The Morgan fingerprint density at radius 3 is 2.79 bits per heavy atom. The molecule has 1 saturated heterocycles. The third-order valence-corrected chi connectivity index (χ3v) is 5.42. The Balaban J connectivity index is 1.46. The number of ether oxygens (including phenoxy) is 1.